The number of hydrogen-bond acceptors (Lipinski definition) is 2. The van der Waals surface area contributed by atoms with Gasteiger partial charge in [-0.3, -0.25) is 0 Å². The van der Waals surface area contributed by atoms with Gasteiger partial charge in [0.25, 0.3) is 0 Å². The van der Waals surface area contributed by atoms with Gasteiger partial charge in [0.1, 0.15) is 0 Å². The van der Waals surface area contributed by atoms with Crippen LogP contribution in [0.4, 0.5) is 0 Å². The van der Waals surface area contributed by atoms with Gasteiger partial charge >= 0.3 is 0 Å². The van der Waals surface area contributed by atoms with Gasteiger partial charge in [-0.25, -0.2) is 0 Å². The summed E-state index contributed by atoms with van der Waals surface area (Å²) in [5, 5.41) is 0. The average molecular weight is 142 g/mol. The Balaban J connectivity index is 1.93. The van der Waals surface area contributed by atoms with E-state index in [9.17, 15) is 0 Å². The monoisotopic (exact) mass is 142 g/mol. The Morgan fingerprint density at radius 2 is 1.30 bits per heavy atom. The van der Waals surface area contributed by atoms with Crippen molar-refractivity contribution in [1.29, 1.82) is 0 Å². The highest BCUT2D eigenvalue weighted by molar-refractivity contribution is 4.76. The van der Waals surface area contributed by atoms with E-state index in [1.165, 1.54) is 12.8 Å². The van der Waals surface area contributed by atoms with Gasteiger partial charge in [-0.1, -0.05) is 0 Å². The maximum Gasteiger partial charge on any atom is 0.0498 e. The highest BCUT2D eigenvalue weighted by Gasteiger charge is 2.28. The van der Waals surface area contributed by atoms with Gasteiger partial charge in [-0.15, -0.1) is 0 Å². The van der Waals surface area contributed by atoms with Crippen molar-refractivity contribution in [3.05, 3.63) is 0 Å². The van der Waals surface area contributed by atoms with E-state index in [-0.39, 0.29) is 0 Å². The lowest BCUT2D eigenvalue weighted by Crippen LogP contribution is -2.35. The lowest BCUT2D eigenvalue weighted by atomic mass is 9.85. The van der Waals surface area contributed by atoms with E-state index in [2.05, 4.69) is 0 Å². The van der Waals surface area contributed by atoms with Gasteiger partial charge in [0, 0.05) is 26.4 Å². The predicted octanol–water partition coefficient (Wildman–Crippen LogP) is 1.06. The molecule has 0 amide bonds. The van der Waals surface area contributed by atoms with Crippen molar-refractivity contribution in [1.82, 2.24) is 0 Å². The summed E-state index contributed by atoms with van der Waals surface area (Å²) in [5.41, 5.74) is 0. The first-order valence-electron chi connectivity index (χ1n) is 4.12. The van der Waals surface area contributed by atoms with Crippen molar-refractivity contribution in [2.75, 3.05) is 26.4 Å². The maximum atomic E-state index is 5.38. The van der Waals surface area contributed by atoms with E-state index in [4.69, 9.17) is 9.47 Å². The lowest BCUT2D eigenvalue weighted by molar-refractivity contribution is -0.0642. The average Bonchev–Trinajstić information content (AvgIpc) is 2.05. The van der Waals surface area contributed by atoms with Crippen LogP contribution in [-0.4, -0.2) is 26.4 Å². The standard InChI is InChI=1S/C8H14O2/c1-3-9-6-8-2-4-10-5-7(1)8/h7-8H,1-6H2. The van der Waals surface area contributed by atoms with Crippen LogP contribution in [0, 0.1) is 11.8 Å². The summed E-state index contributed by atoms with van der Waals surface area (Å²) in [6, 6.07) is 0. The van der Waals surface area contributed by atoms with Gasteiger partial charge in [0.05, 0.1) is 0 Å². The fraction of sp³-hybridized carbons (Fsp3) is 1.00. The number of fused-ring (bicyclic) bond motifs is 1. The van der Waals surface area contributed by atoms with Crippen LogP contribution in [-0.2, 0) is 9.47 Å². The normalized spacial score (nSPS) is 40.8. The van der Waals surface area contributed by atoms with Crippen LogP contribution in [0.1, 0.15) is 12.8 Å². The molecular formula is C8H14O2. The van der Waals surface area contributed by atoms with E-state index < -0.39 is 0 Å². The number of ether oxygens (including phenoxy) is 2. The summed E-state index contributed by atoms with van der Waals surface area (Å²) in [4.78, 5) is 0. The molecule has 0 aromatic heterocycles. The van der Waals surface area contributed by atoms with Crippen molar-refractivity contribution in [3.63, 3.8) is 0 Å². The number of rotatable bonds is 0. The Bertz CT molecular complexity index is 87.8. The molecule has 2 atom stereocenters. The zero-order chi connectivity index (χ0) is 6.81. The molecule has 2 aliphatic rings. The molecule has 0 aliphatic carbocycles. The van der Waals surface area contributed by atoms with Crippen molar-refractivity contribution in [2.24, 2.45) is 11.8 Å². The summed E-state index contributed by atoms with van der Waals surface area (Å²) in [6.07, 6.45) is 2.43. The second kappa shape index (κ2) is 2.89. The van der Waals surface area contributed by atoms with Crippen molar-refractivity contribution in [2.45, 2.75) is 12.8 Å². The maximum absolute atomic E-state index is 5.38. The Hall–Kier alpha value is -0.0800. The fourth-order valence-electron chi connectivity index (χ4n) is 1.85. The first-order valence-corrected chi connectivity index (χ1v) is 4.12. The topological polar surface area (TPSA) is 18.5 Å². The molecule has 0 radical (unpaired) electrons. The second-order valence-electron chi connectivity index (χ2n) is 3.25. The van der Waals surface area contributed by atoms with Gasteiger partial charge in [0.15, 0.2) is 0 Å². The molecule has 0 bridgehead atoms. The zero-order valence-electron chi connectivity index (χ0n) is 6.21. The fourth-order valence-corrected chi connectivity index (χ4v) is 1.85. The van der Waals surface area contributed by atoms with E-state index in [0.29, 0.717) is 0 Å². The highest BCUT2D eigenvalue weighted by Crippen LogP contribution is 2.28. The van der Waals surface area contributed by atoms with Gasteiger partial charge in [-0.05, 0) is 24.7 Å². The molecule has 2 heteroatoms. The Kier molecular flexibility index (Phi) is 1.91. The Morgan fingerprint density at radius 3 is 1.80 bits per heavy atom. The third-order valence-corrected chi connectivity index (χ3v) is 2.60. The summed E-state index contributed by atoms with van der Waals surface area (Å²) in [7, 11) is 0. The molecule has 2 heterocycles. The molecular weight excluding hydrogens is 128 g/mol. The minimum Gasteiger partial charge on any atom is -0.381 e. The third kappa shape index (κ3) is 1.18. The van der Waals surface area contributed by atoms with Gasteiger partial charge in [0.2, 0.25) is 0 Å². The minimum absolute atomic E-state index is 0.808. The molecule has 10 heavy (non-hydrogen) atoms. The number of hydrogen-bond donors (Lipinski definition) is 0. The molecule has 0 spiro atoms. The van der Waals surface area contributed by atoms with Crippen LogP contribution in [0.3, 0.4) is 0 Å². The van der Waals surface area contributed by atoms with Crippen LogP contribution in [0.5, 0.6) is 0 Å². The summed E-state index contributed by atoms with van der Waals surface area (Å²) in [6.45, 7) is 3.86. The molecule has 2 fully saturated rings. The largest absolute Gasteiger partial charge is 0.381 e. The molecule has 0 N–H and O–H groups in total. The summed E-state index contributed by atoms with van der Waals surface area (Å²) in [5.74, 6) is 1.62. The van der Waals surface area contributed by atoms with E-state index in [1.807, 2.05) is 0 Å². The van der Waals surface area contributed by atoms with Crippen LogP contribution in [0.2, 0.25) is 0 Å². The first-order chi connectivity index (χ1) is 4.97. The van der Waals surface area contributed by atoms with E-state index in [0.717, 1.165) is 38.3 Å². The highest BCUT2D eigenvalue weighted by atomic mass is 16.5. The van der Waals surface area contributed by atoms with Crippen LogP contribution in [0.15, 0.2) is 0 Å². The Morgan fingerprint density at radius 1 is 0.800 bits per heavy atom. The van der Waals surface area contributed by atoms with Crippen molar-refractivity contribution < 1.29 is 9.47 Å². The lowest BCUT2D eigenvalue weighted by Gasteiger charge is -2.34. The molecule has 0 aromatic carbocycles. The predicted molar refractivity (Wildman–Crippen MR) is 37.9 cm³/mol. The molecule has 0 aromatic rings. The van der Waals surface area contributed by atoms with Crippen LogP contribution in [0.25, 0.3) is 0 Å². The van der Waals surface area contributed by atoms with Crippen LogP contribution >= 0.6 is 0 Å². The first kappa shape index (κ1) is 6.62. The molecule has 2 saturated heterocycles. The van der Waals surface area contributed by atoms with E-state index in [1.54, 1.807) is 0 Å². The van der Waals surface area contributed by atoms with Crippen molar-refractivity contribution in [3.8, 4) is 0 Å². The van der Waals surface area contributed by atoms with Gasteiger partial charge in [-0.2, -0.15) is 0 Å². The minimum atomic E-state index is 0.808. The quantitative estimate of drug-likeness (QED) is 0.503. The van der Waals surface area contributed by atoms with Crippen molar-refractivity contribution >= 4 is 0 Å². The smallest absolute Gasteiger partial charge is 0.0498 e. The summed E-state index contributed by atoms with van der Waals surface area (Å²) < 4.78 is 10.8. The Labute approximate surface area is 61.5 Å². The molecule has 2 nitrogen and oxygen atoms in total. The molecule has 2 rings (SSSR count). The molecule has 2 aliphatic heterocycles. The van der Waals surface area contributed by atoms with Gasteiger partial charge < -0.3 is 9.47 Å². The zero-order valence-corrected chi connectivity index (χ0v) is 6.21. The third-order valence-electron chi connectivity index (χ3n) is 2.60. The molecule has 58 valence electrons. The van der Waals surface area contributed by atoms with E-state index >= 15 is 0 Å². The molecule has 0 saturated carbocycles. The summed E-state index contributed by atoms with van der Waals surface area (Å²) >= 11 is 0. The van der Waals surface area contributed by atoms with Crippen LogP contribution < -0.4 is 0 Å². The molecule has 2 unspecified atom stereocenters. The second-order valence-corrected chi connectivity index (χ2v) is 3.25. The SMILES string of the molecule is C1CC2COCCC2CO1.